The second-order valence-electron chi connectivity index (χ2n) is 5.26. The number of benzene rings is 1. The Kier molecular flexibility index (Phi) is 5.83. The van der Waals surface area contributed by atoms with E-state index in [0.717, 1.165) is 38.4 Å². The number of piperazine rings is 1. The molecule has 0 aliphatic carbocycles. The summed E-state index contributed by atoms with van der Waals surface area (Å²) in [4.78, 5) is 16.2. The topological polar surface area (TPSA) is 35.6 Å². The molecule has 1 aliphatic heterocycles. The molecular weight excluding hydrogens is 274 g/mol. The summed E-state index contributed by atoms with van der Waals surface area (Å²) in [6, 6.07) is 8.07. The summed E-state index contributed by atoms with van der Waals surface area (Å²) in [5, 5.41) is 2.84. The third kappa shape index (κ3) is 4.78. The molecule has 1 fully saturated rings. The molecule has 1 aromatic rings. The molecule has 1 heterocycles. The van der Waals surface area contributed by atoms with Gasteiger partial charge < -0.3 is 10.2 Å². The minimum Gasteiger partial charge on any atom is -0.326 e. The van der Waals surface area contributed by atoms with Crippen LogP contribution in [0.2, 0.25) is 0 Å². The van der Waals surface area contributed by atoms with E-state index in [2.05, 4.69) is 34.3 Å². The van der Waals surface area contributed by atoms with E-state index in [-0.39, 0.29) is 5.91 Å². The van der Waals surface area contributed by atoms with Gasteiger partial charge >= 0.3 is 0 Å². The van der Waals surface area contributed by atoms with Crippen LogP contribution in [0.15, 0.2) is 24.3 Å². The lowest BCUT2D eigenvalue weighted by atomic mass is 10.1. The van der Waals surface area contributed by atoms with Gasteiger partial charge in [-0.1, -0.05) is 12.1 Å². The maximum absolute atomic E-state index is 11.4. The van der Waals surface area contributed by atoms with Gasteiger partial charge in [0.05, 0.1) is 0 Å². The van der Waals surface area contributed by atoms with Crippen molar-refractivity contribution in [3.63, 3.8) is 0 Å². The Bertz CT molecular complexity index is 427. The molecule has 0 saturated carbocycles. The molecule has 0 spiro atoms. The van der Waals surface area contributed by atoms with Crippen LogP contribution in [0.5, 0.6) is 0 Å². The summed E-state index contributed by atoms with van der Waals surface area (Å²) >= 11 is 5.54. The number of alkyl halides is 1. The number of likely N-dealkylation sites (N-methyl/N-ethyl adjacent to an activating group) is 1. The van der Waals surface area contributed by atoms with E-state index in [0.29, 0.717) is 12.3 Å². The van der Waals surface area contributed by atoms with Gasteiger partial charge in [-0.15, -0.1) is 11.6 Å². The molecular formula is C15H22ClN3O. The van der Waals surface area contributed by atoms with Crippen molar-refractivity contribution >= 4 is 23.2 Å². The Labute approximate surface area is 125 Å². The smallest absolute Gasteiger partial charge is 0.225 e. The van der Waals surface area contributed by atoms with Gasteiger partial charge in [-0.3, -0.25) is 9.69 Å². The third-order valence-corrected chi connectivity index (χ3v) is 3.75. The molecule has 0 unspecified atom stereocenters. The number of carbonyl (C=O) groups is 1. The molecule has 20 heavy (non-hydrogen) atoms. The lowest BCUT2D eigenvalue weighted by molar-refractivity contribution is -0.115. The Balaban J connectivity index is 1.83. The summed E-state index contributed by atoms with van der Waals surface area (Å²) in [6.45, 7) is 5.47. The molecule has 0 aromatic heterocycles. The number of nitrogens with one attached hydrogen (secondary N) is 1. The van der Waals surface area contributed by atoms with Crippen LogP contribution in [0.4, 0.5) is 5.69 Å². The lowest BCUT2D eigenvalue weighted by Crippen LogP contribution is -2.43. The fraction of sp³-hybridized carbons (Fsp3) is 0.533. The molecule has 0 bridgehead atoms. The molecule has 0 atom stereocenters. The molecule has 1 N–H and O–H groups in total. The number of halogens is 1. The number of hydrogen-bond donors (Lipinski definition) is 1. The van der Waals surface area contributed by atoms with Crippen molar-refractivity contribution in [1.82, 2.24) is 9.80 Å². The fourth-order valence-electron chi connectivity index (χ4n) is 2.27. The first-order valence-corrected chi connectivity index (χ1v) is 7.56. The highest BCUT2D eigenvalue weighted by molar-refractivity contribution is 6.19. The van der Waals surface area contributed by atoms with E-state index in [1.165, 1.54) is 5.56 Å². The standard InChI is InChI=1S/C15H22ClN3O/c1-18-8-10-19(11-9-18)12-13-2-4-14(5-3-13)17-15(20)6-7-16/h2-5H,6-12H2,1H3,(H,17,20). The zero-order valence-corrected chi connectivity index (χ0v) is 12.7. The molecule has 4 nitrogen and oxygen atoms in total. The maximum atomic E-state index is 11.4. The average molecular weight is 296 g/mol. The van der Waals surface area contributed by atoms with E-state index in [9.17, 15) is 4.79 Å². The molecule has 2 rings (SSSR count). The molecule has 110 valence electrons. The number of carbonyl (C=O) groups excluding carboxylic acids is 1. The van der Waals surface area contributed by atoms with E-state index < -0.39 is 0 Å². The normalized spacial score (nSPS) is 17.1. The van der Waals surface area contributed by atoms with Crippen LogP contribution >= 0.6 is 11.6 Å². The molecule has 1 saturated heterocycles. The Morgan fingerprint density at radius 1 is 1.20 bits per heavy atom. The first kappa shape index (κ1) is 15.3. The second-order valence-corrected chi connectivity index (χ2v) is 5.64. The SMILES string of the molecule is CN1CCN(Cc2ccc(NC(=O)CCCl)cc2)CC1. The zero-order chi connectivity index (χ0) is 14.4. The number of nitrogens with zero attached hydrogens (tertiary/aromatic N) is 2. The van der Waals surface area contributed by atoms with Crippen molar-refractivity contribution in [2.24, 2.45) is 0 Å². The van der Waals surface area contributed by atoms with Crippen molar-refractivity contribution < 1.29 is 4.79 Å². The summed E-state index contributed by atoms with van der Waals surface area (Å²) in [6.07, 6.45) is 0.352. The van der Waals surface area contributed by atoms with Crippen molar-refractivity contribution in [3.05, 3.63) is 29.8 Å². The predicted octanol–water partition coefficient (Wildman–Crippen LogP) is 2.00. The molecule has 1 amide bonds. The summed E-state index contributed by atoms with van der Waals surface area (Å²) in [5.41, 5.74) is 2.12. The lowest BCUT2D eigenvalue weighted by Gasteiger charge is -2.32. The average Bonchev–Trinajstić information content (AvgIpc) is 2.44. The van der Waals surface area contributed by atoms with Crippen LogP contribution in [0.25, 0.3) is 0 Å². The summed E-state index contributed by atoms with van der Waals surface area (Å²) < 4.78 is 0. The third-order valence-electron chi connectivity index (χ3n) is 3.56. The predicted molar refractivity (Wildman–Crippen MR) is 83.2 cm³/mol. The van der Waals surface area contributed by atoms with E-state index in [4.69, 9.17) is 11.6 Å². The number of anilines is 1. The Morgan fingerprint density at radius 3 is 2.45 bits per heavy atom. The maximum Gasteiger partial charge on any atom is 0.225 e. The van der Waals surface area contributed by atoms with Crippen LogP contribution in [0.3, 0.4) is 0 Å². The minimum absolute atomic E-state index is 0.0354. The van der Waals surface area contributed by atoms with Gasteiger partial charge in [0.1, 0.15) is 0 Å². The van der Waals surface area contributed by atoms with Gasteiger partial charge in [0.15, 0.2) is 0 Å². The minimum atomic E-state index is -0.0354. The monoisotopic (exact) mass is 295 g/mol. The van der Waals surface area contributed by atoms with Gasteiger partial charge in [-0.05, 0) is 24.7 Å². The van der Waals surface area contributed by atoms with Crippen LogP contribution in [0.1, 0.15) is 12.0 Å². The van der Waals surface area contributed by atoms with Crippen molar-refractivity contribution in [2.75, 3.05) is 44.4 Å². The highest BCUT2D eigenvalue weighted by Crippen LogP contribution is 2.13. The largest absolute Gasteiger partial charge is 0.326 e. The van der Waals surface area contributed by atoms with Crippen LogP contribution in [-0.2, 0) is 11.3 Å². The number of hydrogen-bond acceptors (Lipinski definition) is 3. The molecule has 5 heteroatoms. The number of rotatable bonds is 5. The molecule has 1 aromatic carbocycles. The molecule has 1 aliphatic rings. The Hall–Kier alpha value is -1.10. The first-order valence-electron chi connectivity index (χ1n) is 7.03. The van der Waals surface area contributed by atoms with Gasteiger partial charge in [-0.25, -0.2) is 0 Å². The van der Waals surface area contributed by atoms with Crippen molar-refractivity contribution in [3.8, 4) is 0 Å². The highest BCUT2D eigenvalue weighted by atomic mass is 35.5. The van der Waals surface area contributed by atoms with Gasteiger partial charge in [0.2, 0.25) is 5.91 Å². The highest BCUT2D eigenvalue weighted by Gasteiger charge is 2.13. The molecule has 0 radical (unpaired) electrons. The summed E-state index contributed by atoms with van der Waals surface area (Å²) in [5.74, 6) is 0.319. The van der Waals surface area contributed by atoms with E-state index in [1.54, 1.807) is 0 Å². The fourth-order valence-corrected chi connectivity index (χ4v) is 2.44. The van der Waals surface area contributed by atoms with Gasteiger partial charge in [0.25, 0.3) is 0 Å². The van der Waals surface area contributed by atoms with E-state index >= 15 is 0 Å². The quantitative estimate of drug-likeness (QED) is 0.844. The van der Waals surface area contributed by atoms with Crippen LogP contribution in [0, 0.1) is 0 Å². The van der Waals surface area contributed by atoms with E-state index in [1.807, 2.05) is 12.1 Å². The van der Waals surface area contributed by atoms with Crippen molar-refractivity contribution in [2.45, 2.75) is 13.0 Å². The van der Waals surface area contributed by atoms with Crippen LogP contribution in [-0.4, -0.2) is 54.8 Å². The van der Waals surface area contributed by atoms with Gasteiger partial charge in [0, 0.05) is 50.7 Å². The Morgan fingerprint density at radius 2 is 1.85 bits per heavy atom. The second kappa shape index (κ2) is 7.62. The number of amides is 1. The van der Waals surface area contributed by atoms with Gasteiger partial charge in [-0.2, -0.15) is 0 Å². The van der Waals surface area contributed by atoms with Crippen molar-refractivity contribution in [1.29, 1.82) is 0 Å². The summed E-state index contributed by atoms with van der Waals surface area (Å²) in [7, 11) is 2.16. The first-order chi connectivity index (χ1) is 9.67. The van der Waals surface area contributed by atoms with Crippen LogP contribution < -0.4 is 5.32 Å². The zero-order valence-electron chi connectivity index (χ0n) is 11.9.